The summed E-state index contributed by atoms with van der Waals surface area (Å²) < 4.78 is 4.59. The number of nitrogens with zero attached hydrogens (tertiary/aromatic N) is 2. The topological polar surface area (TPSA) is 119 Å². The summed E-state index contributed by atoms with van der Waals surface area (Å²) in [4.78, 5) is 49.1. The fourth-order valence-electron chi connectivity index (χ4n) is 2.74. The molecule has 2 rings (SSSR count). The van der Waals surface area contributed by atoms with Crippen molar-refractivity contribution in [2.75, 3.05) is 25.5 Å². The number of carbonyl (C=O) groups excluding carboxylic acids is 3. The van der Waals surface area contributed by atoms with Crippen LogP contribution in [0.5, 0.6) is 0 Å². The lowest BCUT2D eigenvalue weighted by atomic mass is 10.1. The van der Waals surface area contributed by atoms with Crippen LogP contribution in [0.2, 0.25) is 10.0 Å². The number of methoxy groups -OCH3 is 1. The van der Waals surface area contributed by atoms with Crippen molar-refractivity contribution in [3.05, 3.63) is 67.7 Å². The van der Waals surface area contributed by atoms with Crippen molar-refractivity contribution in [3.63, 3.8) is 0 Å². The van der Waals surface area contributed by atoms with Gasteiger partial charge in [-0.2, -0.15) is 0 Å². The van der Waals surface area contributed by atoms with E-state index in [0.29, 0.717) is 11.4 Å². The Kier molecular flexibility index (Phi) is 8.35. The predicted molar refractivity (Wildman–Crippen MR) is 116 cm³/mol. The highest BCUT2D eigenvalue weighted by Gasteiger charge is 2.23. The van der Waals surface area contributed by atoms with Crippen LogP contribution in [0.25, 0.3) is 0 Å². The fourth-order valence-corrected chi connectivity index (χ4v) is 3.07. The molecule has 0 fully saturated rings. The van der Waals surface area contributed by atoms with Crippen molar-refractivity contribution >= 4 is 52.4 Å². The number of nitro benzene ring substituents is 1. The molecule has 0 heterocycles. The molecule has 0 saturated carbocycles. The minimum atomic E-state index is -0.826. The summed E-state index contributed by atoms with van der Waals surface area (Å²) in [6, 6.07) is 7.80. The molecule has 164 valence electrons. The monoisotopic (exact) mass is 467 g/mol. The van der Waals surface area contributed by atoms with Gasteiger partial charge in [-0.3, -0.25) is 19.7 Å². The number of nitrogens with one attached hydrogen (secondary N) is 1. The van der Waals surface area contributed by atoms with E-state index in [0.717, 1.165) is 19.2 Å². The van der Waals surface area contributed by atoms with E-state index in [1.807, 2.05) is 0 Å². The number of rotatable bonds is 8. The molecule has 0 unspecified atom stereocenters. The fraction of sp³-hybridized carbons (Fsp3) is 0.250. The third-order valence-electron chi connectivity index (χ3n) is 4.11. The van der Waals surface area contributed by atoms with Crippen LogP contribution >= 0.6 is 23.2 Å². The molecule has 2 aromatic carbocycles. The van der Waals surface area contributed by atoms with Gasteiger partial charge < -0.3 is 15.0 Å². The van der Waals surface area contributed by atoms with Gasteiger partial charge in [0.2, 0.25) is 5.91 Å². The number of carbonyl (C=O) groups is 3. The minimum absolute atomic E-state index is 0.114. The third kappa shape index (κ3) is 6.40. The highest BCUT2D eigenvalue weighted by molar-refractivity contribution is 6.35. The summed E-state index contributed by atoms with van der Waals surface area (Å²) in [5, 5.41) is 14.4. The van der Waals surface area contributed by atoms with E-state index < -0.39 is 28.4 Å². The molecule has 0 bridgehead atoms. The van der Waals surface area contributed by atoms with Crippen LogP contribution in [0.1, 0.15) is 34.1 Å². The van der Waals surface area contributed by atoms with Gasteiger partial charge in [0.15, 0.2) is 0 Å². The Morgan fingerprint density at radius 1 is 1.13 bits per heavy atom. The Balaban J connectivity index is 2.29. The SMILES string of the molecule is CCCN(CC(=O)Nc1cc(Cl)ccc1Cl)C(=O)c1cc(C(=O)OC)cc([N+](=O)[O-])c1. The number of esters is 1. The number of amides is 2. The summed E-state index contributed by atoms with van der Waals surface area (Å²) in [6.45, 7) is 1.66. The van der Waals surface area contributed by atoms with E-state index >= 15 is 0 Å². The van der Waals surface area contributed by atoms with Gasteiger partial charge >= 0.3 is 5.97 Å². The number of hydrogen-bond donors (Lipinski definition) is 1. The Morgan fingerprint density at radius 2 is 1.81 bits per heavy atom. The lowest BCUT2D eigenvalue weighted by Crippen LogP contribution is -2.38. The smallest absolute Gasteiger partial charge is 0.338 e. The summed E-state index contributed by atoms with van der Waals surface area (Å²) in [7, 11) is 1.12. The zero-order chi connectivity index (χ0) is 23.1. The molecule has 0 aliphatic rings. The van der Waals surface area contributed by atoms with E-state index in [-0.39, 0.29) is 34.9 Å². The molecular weight excluding hydrogens is 449 g/mol. The molecule has 1 N–H and O–H groups in total. The molecule has 31 heavy (non-hydrogen) atoms. The Morgan fingerprint density at radius 3 is 2.42 bits per heavy atom. The molecule has 0 aliphatic carbocycles. The van der Waals surface area contributed by atoms with Gasteiger partial charge in [0.1, 0.15) is 6.54 Å². The normalized spacial score (nSPS) is 10.3. The van der Waals surface area contributed by atoms with Crippen molar-refractivity contribution in [2.24, 2.45) is 0 Å². The van der Waals surface area contributed by atoms with Gasteiger partial charge in [0.25, 0.3) is 11.6 Å². The highest BCUT2D eigenvalue weighted by Crippen LogP contribution is 2.25. The van der Waals surface area contributed by atoms with Crippen LogP contribution < -0.4 is 5.32 Å². The molecule has 0 saturated heterocycles. The summed E-state index contributed by atoms with van der Waals surface area (Å²) in [6.07, 6.45) is 0.524. The molecule has 11 heteroatoms. The van der Waals surface area contributed by atoms with Gasteiger partial charge in [0.05, 0.1) is 28.3 Å². The average molecular weight is 468 g/mol. The largest absolute Gasteiger partial charge is 0.465 e. The molecule has 0 aromatic heterocycles. The highest BCUT2D eigenvalue weighted by atomic mass is 35.5. The number of halogens is 2. The lowest BCUT2D eigenvalue weighted by Gasteiger charge is -2.22. The molecule has 2 amide bonds. The first-order valence-electron chi connectivity index (χ1n) is 9.08. The second-order valence-corrected chi connectivity index (χ2v) is 7.26. The predicted octanol–water partition coefficient (Wildman–Crippen LogP) is 4.18. The number of non-ortho nitro benzene ring substituents is 1. The van der Waals surface area contributed by atoms with Gasteiger partial charge in [-0.05, 0) is 30.7 Å². The first-order valence-corrected chi connectivity index (χ1v) is 9.83. The van der Waals surface area contributed by atoms with Crippen molar-refractivity contribution in [1.29, 1.82) is 0 Å². The van der Waals surface area contributed by atoms with Gasteiger partial charge in [-0.15, -0.1) is 0 Å². The van der Waals surface area contributed by atoms with Crippen molar-refractivity contribution in [1.82, 2.24) is 4.90 Å². The Hall–Kier alpha value is -3.17. The molecule has 0 radical (unpaired) electrons. The lowest BCUT2D eigenvalue weighted by molar-refractivity contribution is -0.384. The minimum Gasteiger partial charge on any atom is -0.465 e. The molecule has 2 aromatic rings. The van der Waals surface area contributed by atoms with Crippen molar-refractivity contribution in [3.8, 4) is 0 Å². The van der Waals surface area contributed by atoms with E-state index in [1.54, 1.807) is 13.0 Å². The zero-order valence-corrected chi connectivity index (χ0v) is 18.2. The first-order chi connectivity index (χ1) is 14.7. The maximum absolute atomic E-state index is 13.0. The van der Waals surface area contributed by atoms with Crippen LogP contribution in [0.3, 0.4) is 0 Å². The Bertz CT molecular complexity index is 1030. The number of benzene rings is 2. The number of nitro groups is 1. The number of hydrogen-bond acceptors (Lipinski definition) is 6. The second-order valence-electron chi connectivity index (χ2n) is 6.42. The van der Waals surface area contributed by atoms with Crippen LogP contribution in [-0.2, 0) is 9.53 Å². The second kappa shape index (κ2) is 10.7. The van der Waals surface area contributed by atoms with E-state index in [4.69, 9.17) is 23.2 Å². The van der Waals surface area contributed by atoms with Gasteiger partial charge in [-0.25, -0.2) is 4.79 Å². The molecule has 0 aliphatic heterocycles. The molecular formula is C20H19Cl2N3O6. The number of ether oxygens (including phenoxy) is 1. The van der Waals surface area contributed by atoms with Gasteiger partial charge in [-0.1, -0.05) is 30.1 Å². The first kappa shape index (κ1) is 24.1. The standard InChI is InChI=1S/C20H19Cl2N3O6/c1-3-6-24(11-18(26)23-17-10-14(21)4-5-16(17)22)19(27)12-7-13(20(28)31-2)9-15(8-12)25(29)30/h4-5,7-10H,3,6,11H2,1-2H3,(H,23,26). The van der Waals surface area contributed by atoms with Crippen molar-refractivity contribution < 1.29 is 24.0 Å². The van der Waals surface area contributed by atoms with Crippen LogP contribution in [-0.4, -0.2) is 47.8 Å². The maximum Gasteiger partial charge on any atom is 0.338 e. The number of anilines is 1. The van der Waals surface area contributed by atoms with E-state index in [9.17, 15) is 24.5 Å². The summed E-state index contributed by atoms with van der Waals surface area (Å²) in [5.74, 6) is -2.01. The maximum atomic E-state index is 13.0. The van der Waals surface area contributed by atoms with Crippen LogP contribution in [0.4, 0.5) is 11.4 Å². The van der Waals surface area contributed by atoms with Crippen LogP contribution in [0.15, 0.2) is 36.4 Å². The summed E-state index contributed by atoms with van der Waals surface area (Å²) in [5.41, 5.74) is -0.424. The molecule has 9 nitrogen and oxygen atoms in total. The third-order valence-corrected chi connectivity index (χ3v) is 4.68. The van der Waals surface area contributed by atoms with E-state index in [1.165, 1.54) is 23.1 Å². The van der Waals surface area contributed by atoms with Crippen molar-refractivity contribution in [2.45, 2.75) is 13.3 Å². The Labute approximate surface area is 188 Å². The molecule has 0 spiro atoms. The molecule has 0 atom stereocenters. The van der Waals surface area contributed by atoms with E-state index in [2.05, 4.69) is 10.1 Å². The average Bonchev–Trinajstić information content (AvgIpc) is 2.74. The quantitative estimate of drug-likeness (QED) is 0.353. The zero-order valence-electron chi connectivity index (χ0n) is 16.7. The summed E-state index contributed by atoms with van der Waals surface area (Å²) >= 11 is 12.0. The van der Waals surface area contributed by atoms with Gasteiger partial charge in [0, 0.05) is 29.3 Å². The van der Waals surface area contributed by atoms with Crippen LogP contribution in [0, 0.1) is 10.1 Å².